The third-order valence-electron chi connectivity index (χ3n) is 1.13. The summed E-state index contributed by atoms with van der Waals surface area (Å²) in [6, 6.07) is 0. The van der Waals surface area contributed by atoms with Gasteiger partial charge in [-0.1, -0.05) is 6.58 Å². The summed E-state index contributed by atoms with van der Waals surface area (Å²) >= 11 is 0. The first-order chi connectivity index (χ1) is 3.64. The van der Waals surface area contributed by atoms with Crippen molar-refractivity contribution in [3.8, 4) is 0 Å². The Kier molecular flexibility index (Phi) is 1.35. The molecule has 0 aromatic carbocycles. The van der Waals surface area contributed by atoms with E-state index >= 15 is 0 Å². The molecule has 0 aliphatic heterocycles. The van der Waals surface area contributed by atoms with E-state index in [9.17, 15) is 4.79 Å². The third-order valence-corrected chi connectivity index (χ3v) is 2.70. The molecule has 0 heterocycles. The van der Waals surface area contributed by atoms with Crippen molar-refractivity contribution in [1.82, 2.24) is 0 Å². The van der Waals surface area contributed by atoms with E-state index in [1.807, 2.05) is 0 Å². The van der Waals surface area contributed by atoms with Gasteiger partial charge in [0.25, 0.3) is 0 Å². The molecule has 0 aromatic heterocycles. The van der Waals surface area contributed by atoms with Gasteiger partial charge in [-0.15, -0.1) is 18.5 Å². The molecule has 42 valence electrons. The average molecular weight is 144 g/mol. The Morgan fingerprint density at radius 3 is 1.88 bits per heavy atom. The first kappa shape index (κ1) is 6.13. The highest BCUT2D eigenvalue weighted by Gasteiger charge is 2.24. The second-order valence-electron chi connectivity index (χ2n) is 1.64. The fourth-order valence-electron chi connectivity index (χ4n) is 0.507. The molecule has 0 saturated heterocycles. The molecular weight excluding hydrogens is 138 g/mol. The maximum atomic E-state index is 10.6. The van der Waals surface area contributed by atoms with Crippen LogP contribution < -0.4 is 0 Å². The molecule has 0 saturated carbocycles. The van der Waals surface area contributed by atoms with E-state index in [1.165, 1.54) is 0 Å². The molecule has 0 radical (unpaired) electrons. The summed E-state index contributed by atoms with van der Waals surface area (Å²) in [6.07, 6.45) is 0. The zero-order valence-corrected chi connectivity index (χ0v) is 6.58. The smallest absolute Gasteiger partial charge is 0.193 e. The summed E-state index contributed by atoms with van der Waals surface area (Å²) in [4.78, 5) is 10.6. The van der Waals surface area contributed by atoms with Crippen LogP contribution in [0.2, 0.25) is 0 Å². The predicted molar refractivity (Wildman–Crippen MR) is 40.6 cm³/mol. The summed E-state index contributed by atoms with van der Waals surface area (Å²) in [7, 11) is 4.83. The highest BCUT2D eigenvalue weighted by atomic mass is 31.0. The molecule has 2 unspecified atom stereocenters. The SMILES string of the molecule is C=C1C(=O)C(P)=C1P. The fraction of sp³-hybridized carbons (Fsp3) is 0. The van der Waals surface area contributed by atoms with E-state index in [-0.39, 0.29) is 5.78 Å². The highest BCUT2D eigenvalue weighted by molar-refractivity contribution is 7.32. The van der Waals surface area contributed by atoms with E-state index in [0.29, 0.717) is 5.57 Å². The van der Waals surface area contributed by atoms with Crippen LogP contribution in [0.4, 0.5) is 0 Å². The minimum atomic E-state index is 0.0694. The lowest BCUT2D eigenvalue weighted by Crippen LogP contribution is -2.13. The van der Waals surface area contributed by atoms with Gasteiger partial charge in [0, 0.05) is 10.9 Å². The summed E-state index contributed by atoms with van der Waals surface area (Å²) in [5, 5.41) is 1.69. The van der Waals surface area contributed by atoms with Crippen LogP contribution >= 0.6 is 18.5 Å². The van der Waals surface area contributed by atoms with Gasteiger partial charge in [-0.25, -0.2) is 0 Å². The van der Waals surface area contributed by atoms with Gasteiger partial charge in [0.05, 0.1) is 0 Å². The van der Waals surface area contributed by atoms with Crippen LogP contribution in [-0.4, -0.2) is 5.78 Å². The van der Waals surface area contributed by atoms with Crippen LogP contribution in [0, 0.1) is 0 Å². The topological polar surface area (TPSA) is 17.1 Å². The van der Waals surface area contributed by atoms with Gasteiger partial charge < -0.3 is 0 Å². The van der Waals surface area contributed by atoms with E-state index in [4.69, 9.17) is 0 Å². The number of allylic oxidation sites excluding steroid dienone is 3. The number of ketones is 1. The van der Waals surface area contributed by atoms with Crippen LogP contribution in [0.1, 0.15) is 0 Å². The van der Waals surface area contributed by atoms with Crippen LogP contribution in [0.5, 0.6) is 0 Å². The summed E-state index contributed by atoms with van der Waals surface area (Å²) in [6.45, 7) is 3.53. The molecule has 0 bridgehead atoms. The van der Waals surface area contributed by atoms with Crippen molar-refractivity contribution in [1.29, 1.82) is 0 Å². The Morgan fingerprint density at radius 2 is 1.75 bits per heavy atom. The van der Waals surface area contributed by atoms with Gasteiger partial charge in [-0.3, -0.25) is 4.79 Å². The van der Waals surface area contributed by atoms with Crippen molar-refractivity contribution in [2.24, 2.45) is 0 Å². The Balaban J connectivity index is 3.08. The van der Waals surface area contributed by atoms with E-state index in [1.54, 1.807) is 0 Å². The van der Waals surface area contributed by atoms with Gasteiger partial charge >= 0.3 is 0 Å². The van der Waals surface area contributed by atoms with Crippen molar-refractivity contribution < 1.29 is 4.79 Å². The van der Waals surface area contributed by atoms with Crippen molar-refractivity contribution in [3.63, 3.8) is 0 Å². The average Bonchev–Trinajstić information content (AvgIpc) is 1.83. The van der Waals surface area contributed by atoms with Crippen molar-refractivity contribution in [3.05, 3.63) is 22.8 Å². The van der Waals surface area contributed by atoms with Gasteiger partial charge in [0.15, 0.2) is 5.78 Å². The summed E-state index contributed by atoms with van der Waals surface area (Å²) < 4.78 is 0. The maximum Gasteiger partial charge on any atom is 0.193 e. The molecule has 0 aromatic rings. The number of carbonyl (C=O) groups is 1. The number of carbonyl (C=O) groups excluding carboxylic acids is 1. The van der Waals surface area contributed by atoms with Crippen LogP contribution in [0.25, 0.3) is 0 Å². The summed E-state index contributed by atoms with van der Waals surface area (Å²) in [5.41, 5.74) is 0.625. The zero-order chi connectivity index (χ0) is 6.31. The van der Waals surface area contributed by atoms with Gasteiger partial charge in [0.1, 0.15) is 0 Å². The Hall–Kier alpha value is 0.01000. The van der Waals surface area contributed by atoms with Gasteiger partial charge in [-0.05, 0) is 5.31 Å². The molecule has 0 amide bonds. The minimum Gasteiger partial charge on any atom is -0.289 e. The number of Topliss-reactive ketones (excluding diaryl/α,β-unsaturated/α-hetero) is 1. The number of hydrogen-bond donors (Lipinski definition) is 0. The quantitative estimate of drug-likeness (QED) is 0.367. The molecule has 2 atom stereocenters. The number of rotatable bonds is 0. The highest BCUT2D eigenvalue weighted by Crippen LogP contribution is 2.37. The minimum absolute atomic E-state index is 0.0694. The second kappa shape index (κ2) is 1.76. The molecule has 3 heteroatoms. The van der Waals surface area contributed by atoms with Crippen molar-refractivity contribution in [2.75, 3.05) is 0 Å². The molecule has 1 rings (SSSR count). The van der Waals surface area contributed by atoms with Crippen LogP contribution in [0.3, 0.4) is 0 Å². The first-order valence-electron chi connectivity index (χ1n) is 2.14. The first-order valence-corrected chi connectivity index (χ1v) is 3.29. The molecule has 0 fully saturated rings. The lowest BCUT2D eigenvalue weighted by atomic mass is 10.0. The lowest BCUT2D eigenvalue weighted by molar-refractivity contribution is -0.112. The van der Waals surface area contributed by atoms with Gasteiger partial charge in [0.2, 0.25) is 0 Å². The second-order valence-corrected chi connectivity index (χ2v) is 2.79. The maximum absolute atomic E-state index is 10.6. The molecule has 0 N–H and O–H groups in total. The van der Waals surface area contributed by atoms with E-state index in [2.05, 4.69) is 25.1 Å². The molecule has 1 aliphatic carbocycles. The Morgan fingerprint density at radius 1 is 1.25 bits per heavy atom. The third kappa shape index (κ3) is 0.589. The molecule has 8 heavy (non-hydrogen) atoms. The summed E-state index contributed by atoms with van der Waals surface area (Å²) in [5.74, 6) is 0.0694. The van der Waals surface area contributed by atoms with Gasteiger partial charge in [-0.2, -0.15) is 0 Å². The van der Waals surface area contributed by atoms with Crippen LogP contribution in [-0.2, 0) is 4.79 Å². The largest absolute Gasteiger partial charge is 0.289 e. The standard InChI is InChI=1S/C5H6OP2/c1-2-3(6)5(8)4(2)7/h1,7-8H2. The number of hydrogen-bond acceptors (Lipinski definition) is 1. The van der Waals surface area contributed by atoms with Crippen LogP contribution in [0.15, 0.2) is 22.8 Å². The Bertz CT molecular complexity index is 180. The van der Waals surface area contributed by atoms with Crippen molar-refractivity contribution in [2.45, 2.75) is 0 Å². The molecule has 1 aliphatic rings. The molecule has 0 spiro atoms. The Labute approximate surface area is 52.6 Å². The molecular formula is C5H6OP2. The molecule has 1 nitrogen and oxygen atoms in total. The zero-order valence-electron chi connectivity index (χ0n) is 4.27. The lowest BCUT2D eigenvalue weighted by Gasteiger charge is -2.16. The van der Waals surface area contributed by atoms with E-state index in [0.717, 1.165) is 10.6 Å². The predicted octanol–water partition coefficient (Wildman–Crippen LogP) is 1.09. The van der Waals surface area contributed by atoms with Crippen molar-refractivity contribution >= 4 is 24.3 Å². The normalized spacial score (nSPS) is 19.2. The fourth-order valence-corrected chi connectivity index (χ4v) is 1.12. The van der Waals surface area contributed by atoms with E-state index < -0.39 is 0 Å². The monoisotopic (exact) mass is 144 g/mol.